The number of carbonyl (C=O) groups excluding carboxylic acids is 1. The molecular formula is C39H35N3O4. The highest BCUT2D eigenvalue weighted by Gasteiger charge is 2.58. The fraction of sp³-hybridized carbons (Fsp3) is 0.179. The predicted octanol–water partition coefficient (Wildman–Crippen LogP) is 7.42. The number of hydrogen-bond donors (Lipinski definition) is 0. The highest BCUT2D eigenvalue weighted by atomic mass is 16.7. The molecule has 7 nitrogen and oxygen atoms in total. The molecule has 0 radical (unpaired) electrons. The maximum absolute atomic E-state index is 13.8. The van der Waals surface area contributed by atoms with E-state index >= 15 is 0 Å². The number of para-hydroxylation sites is 2. The second-order valence-corrected chi connectivity index (χ2v) is 11.4. The van der Waals surface area contributed by atoms with Gasteiger partial charge in [-0.15, -0.1) is 0 Å². The van der Waals surface area contributed by atoms with Crippen LogP contribution in [0.25, 0.3) is 0 Å². The van der Waals surface area contributed by atoms with Crippen LogP contribution in [0.1, 0.15) is 28.8 Å². The van der Waals surface area contributed by atoms with E-state index in [1.165, 1.54) is 7.11 Å². The van der Waals surface area contributed by atoms with Crippen molar-refractivity contribution in [1.29, 1.82) is 0 Å². The van der Waals surface area contributed by atoms with Gasteiger partial charge in [0.1, 0.15) is 23.5 Å². The van der Waals surface area contributed by atoms with E-state index in [1.807, 2.05) is 72.8 Å². The van der Waals surface area contributed by atoms with Crippen molar-refractivity contribution in [1.82, 2.24) is 0 Å². The van der Waals surface area contributed by atoms with Gasteiger partial charge in [-0.1, -0.05) is 102 Å². The van der Waals surface area contributed by atoms with Crippen LogP contribution >= 0.6 is 0 Å². The molecule has 46 heavy (non-hydrogen) atoms. The Morgan fingerprint density at radius 2 is 1.09 bits per heavy atom. The number of benzene rings is 5. The number of carbonyl (C=O) groups is 1. The van der Waals surface area contributed by atoms with Crippen LogP contribution in [0.3, 0.4) is 0 Å². The number of ether oxygens (including phenoxy) is 2. The van der Waals surface area contributed by atoms with Gasteiger partial charge in [0.2, 0.25) is 0 Å². The van der Waals surface area contributed by atoms with Crippen LogP contribution < -0.4 is 14.5 Å². The van der Waals surface area contributed by atoms with Crippen molar-refractivity contribution in [2.24, 2.45) is 11.1 Å². The summed E-state index contributed by atoms with van der Waals surface area (Å²) in [6, 6.07) is 49.0. The Balaban J connectivity index is 1.46. The molecule has 7 heteroatoms. The molecule has 5 aromatic rings. The molecule has 230 valence electrons. The Kier molecular flexibility index (Phi) is 8.12. The summed E-state index contributed by atoms with van der Waals surface area (Å²) in [6.45, 7) is 0. The number of hydrogen-bond acceptors (Lipinski definition) is 7. The average Bonchev–Trinajstić information content (AvgIpc) is 3.73. The summed E-state index contributed by atoms with van der Waals surface area (Å²) in [6.07, 6.45) is -1.19. The number of nitrogens with zero attached hydrogens (tertiary/aromatic N) is 3. The fourth-order valence-corrected chi connectivity index (χ4v) is 6.88. The van der Waals surface area contributed by atoms with Crippen molar-refractivity contribution in [3.63, 3.8) is 0 Å². The van der Waals surface area contributed by atoms with Gasteiger partial charge < -0.3 is 24.1 Å². The monoisotopic (exact) mass is 609 g/mol. The molecule has 1 fully saturated rings. The van der Waals surface area contributed by atoms with Gasteiger partial charge in [0, 0.05) is 16.9 Å². The zero-order chi connectivity index (χ0) is 31.5. The lowest BCUT2D eigenvalue weighted by Crippen LogP contribution is -2.53. The van der Waals surface area contributed by atoms with Crippen LogP contribution in [0.15, 0.2) is 151 Å². The third-order valence-corrected chi connectivity index (χ3v) is 8.89. The number of methoxy groups -OCH3 is 2. The molecule has 0 saturated carbocycles. The Morgan fingerprint density at radius 3 is 1.52 bits per heavy atom. The quantitative estimate of drug-likeness (QED) is 0.171. The van der Waals surface area contributed by atoms with E-state index in [1.54, 1.807) is 7.11 Å². The third-order valence-electron chi connectivity index (χ3n) is 8.89. The Hall–Kier alpha value is -5.56. The summed E-state index contributed by atoms with van der Waals surface area (Å²) in [5, 5.41) is 4.61. The van der Waals surface area contributed by atoms with Gasteiger partial charge in [-0.2, -0.15) is 0 Å². The van der Waals surface area contributed by atoms with E-state index in [0.717, 1.165) is 28.1 Å². The van der Waals surface area contributed by atoms with Crippen molar-refractivity contribution in [2.45, 2.75) is 24.4 Å². The molecule has 7 rings (SSSR count). The second kappa shape index (κ2) is 12.8. The highest BCUT2D eigenvalue weighted by molar-refractivity contribution is 6.13. The zero-order valence-electron chi connectivity index (χ0n) is 25.7. The Labute approximate surface area is 269 Å². The maximum atomic E-state index is 13.8. The van der Waals surface area contributed by atoms with E-state index in [0.29, 0.717) is 11.5 Å². The number of rotatable bonds is 8. The molecule has 0 aromatic heterocycles. The molecule has 0 bridgehead atoms. The van der Waals surface area contributed by atoms with Crippen molar-refractivity contribution < 1.29 is 19.1 Å². The lowest BCUT2D eigenvalue weighted by atomic mass is 9.90. The molecule has 2 aliphatic rings. The zero-order valence-corrected chi connectivity index (χ0v) is 25.7. The number of esters is 1. The Bertz CT molecular complexity index is 1690. The van der Waals surface area contributed by atoms with E-state index < -0.39 is 24.2 Å². The maximum Gasteiger partial charge on any atom is 0.319 e. The predicted molar refractivity (Wildman–Crippen MR) is 180 cm³/mol. The lowest BCUT2D eigenvalue weighted by Gasteiger charge is -2.38. The minimum Gasteiger partial charge on any atom is -0.497 e. The van der Waals surface area contributed by atoms with E-state index in [9.17, 15) is 4.79 Å². The lowest BCUT2D eigenvalue weighted by molar-refractivity contribution is -0.146. The molecular weight excluding hydrogens is 574 g/mol. The third kappa shape index (κ3) is 5.24. The van der Waals surface area contributed by atoms with Crippen LogP contribution in [0.4, 0.5) is 11.4 Å². The van der Waals surface area contributed by atoms with E-state index in [-0.39, 0.29) is 12.1 Å². The van der Waals surface area contributed by atoms with Crippen molar-refractivity contribution >= 4 is 23.1 Å². The summed E-state index contributed by atoms with van der Waals surface area (Å²) >= 11 is 0. The van der Waals surface area contributed by atoms with Gasteiger partial charge in [-0.25, -0.2) is 0 Å². The van der Waals surface area contributed by atoms with Crippen LogP contribution in [0.2, 0.25) is 0 Å². The summed E-state index contributed by atoms with van der Waals surface area (Å²) in [5.74, 6) is -0.489. The first kappa shape index (κ1) is 29.2. The normalized spacial score (nSPS) is 21.0. The topological polar surface area (TPSA) is 63.6 Å². The molecule has 0 spiro atoms. The van der Waals surface area contributed by atoms with Gasteiger partial charge in [-0.05, 0) is 59.7 Å². The minimum atomic E-state index is -0.799. The molecule has 0 unspecified atom stereocenters. The largest absolute Gasteiger partial charge is 0.497 e. The summed E-state index contributed by atoms with van der Waals surface area (Å²) in [5.41, 5.74) is 5.60. The van der Waals surface area contributed by atoms with E-state index in [4.69, 9.17) is 14.3 Å². The van der Waals surface area contributed by atoms with Gasteiger partial charge in [-0.3, -0.25) is 4.79 Å². The van der Waals surface area contributed by atoms with Gasteiger partial charge >= 0.3 is 5.97 Å². The van der Waals surface area contributed by atoms with Crippen LogP contribution in [-0.2, 0) is 14.4 Å². The molecule has 1 saturated heterocycles. The summed E-state index contributed by atoms with van der Waals surface area (Å²) in [4.78, 5) is 25.1. The first-order valence-corrected chi connectivity index (χ1v) is 15.4. The minimum absolute atomic E-state index is 0.150. The molecule has 0 aliphatic carbocycles. The van der Waals surface area contributed by atoms with Crippen LogP contribution in [0, 0.1) is 5.92 Å². The summed E-state index contributed by atoms with van der Waals surface area (Å²) < 4.78 is 10.9. The molecule has 4 atom stereocenters. The number of oxime groups is 1. The first-order valence-electron chi connectivity index (χ1n) is 15.4. The molecule has 0 N–H and O–H groups in total. The molecule has 2 heterocycles. The smallest absolute Gasteiger partial charge is 0.319 e. The second-order valence-electron chi connectivity index (χ2n) is 11.4. The SMILES string of the molecule is COC(=O)[C@H]1C(c2ccc(OC)cc2)=NO[C@@H]1C1N(c2ccccc2)[C@H](c2ccccc2)[C@@H](c2ccccc2)N1c1ccccc1. The highest BCUT2D eigenvalue weighted by Crippen LogP contribution is 2.53. The van der Waals surface area contributed by atoms with Gasteiger partial charge in [0.25, 0.3) is 0 Å². The summed E-state index contributed by atoms with van der Waals surface area (Å²) in [7, 11) is 3.04. The van der Waals surface area contributed by atoms with Crippen molar-refractivity contribution in [2.75, 3.05) is 24.0 Å². The van der Waals surface area contributed by atoms with Crippen molar-refractivity contribution in [3.05, 3.63) is 162 Å². The number of anilines is 2. The Morgan fingerprint density at radius 1 is 0.630 bits per heavy atom. The van der Waals surface area contributed by atoms with Gasteiger partial charge in [0.05, 0.1) is 26.3 Å². The molecule has 0 amide bonds. The van der Waals surface area contributed by atoms with E-state index in [2.05, 4.69) is 87.8 Å². The van der Waals surface area contributed by atoms with Crippen molar-refractivity contribution in [3.8, 4) is 5.75 Å². The van der Waals surface area contributed by atoms with Crippen LogP contribution in [-0.4, -0.2) is 38.2 Å². The average molecular weight is 610 g/mol. The molecule has 5 aromatic carbocycles. The fourth-order valence-electron chi connectivity index (χ4n) is 6.88. The van der Waals surface area contributed by atoms with Crippen LogP contribution in [0.5, 0.6) is 5.75 Å². The molecule has 2 aliphatic heterocycles. The standard InChI is InChI=1S/C39H35N3O4/c1-44-32-25-23-27(24-26-32)34-33(39(43)45-2)37(46-40-34)38-41(30-19-11-5-12-20-30)35(28-15-7-3-8-16-28)36(29-17-9-4-10-18-29)42(38)31-21-13-6-14-22-31/h3-26,33,35-38H,1-2H3/t33-,35+,36+,37-/m0/s1. The van der Waals surface area contributed by atoms with Gasteiger partial charge in [0.15, 0.2) is 6.10 Å². The first-order chi connectivity index (χ1) is 22.7.